The van der Waals surface area contributed by atoms with Crippen molar-refractivity contribution in [2.75, 3.05) is 5.32 Å². The number of fused-ring (bicyclic) bond motifs is 1. The molecule has 1 heterocycles. The van der Waals surface area contributed by atoms with Crippen LogP contribution >= 0.6 is 0 Å². The molecule has 3 rings (SSSR count). The molecule has 1 fully saturated rings. The number of hydrogen-bond acceptors (Lipinski definition) is 2. The number of nitrogens with one attached hydrogen (secondary N) is 1. The molecule has 3 nitrogen and oxygen atoms in total. The maximum atomic E-state index is 13.0. The third-order valence-electron chi connectivity index (χ3n) is 4.92. The molecule has 3 heteroatoms. The fourth-order valence-corrected chi connectivity index (χ4v) is 3.72. The van der Waals surface area contributed by atoms with Gasteiger partial charge in [0.15, 0.2) is 0 Å². The first-order valence-corrected chi connectivity index (χ1v) is 7.89. The van der Waals surface area contributed by atoms with Crippen molar-refractivity contribution in [2.45, 2.75) is 64.1 Å². The zero-order chi connectivity index (χ0) is 14.2. The van der Waals surface area contributed by atoms with Gasteiger partial charge in [0.2, 0.25) is 0 Å². The molecular weight excluding hydrogens is 248 g/mol. The first kappa shape index (κ1) is 13.5. The van der Waals surface area contributed by atoms with E-state index in [9.17, 15) is 4.79 Å². The maximum absolute atomic E-state index is 13.0. The topological polar surface area (TPSA) is 32.3 Å². The summed E-state index contributed by atoms with van der Waals surface area (Å²) in [5, 5.41) is 3.71. The van der Waals surface area contributed by atoms with Gasteiger partial charge in [0, 0.05) is 11.7 Å². The van der Waals surface area contributed by atoms with Crippen LogP contribution in [0, 0.1) is 0 Å². The number of rotatable bonds is 2. The van der Waals surface area contributed by atoms with Crippen molar-refractivity contribution >= 4 is 11.6 Å². The minimum atomic E-state index is -0.154. The van der Waals surface area contributed by atoms with Gasteiger partial charge in [-0.05, 0) is 51.2 Å². The molecule has 108 valence electrons. The number of amides is 1. The second kappa shape index (κ2) is 5.12. The molecule has 0 aromatic heterocycles. The Morgan fingerprint density at radius 1 is 1.25 bits per heavy atom. The normalized spacial score (nSPS) is 22.3. The fourth-order valence-electron chi connectivity index (χ4n) is 3.72. The molecule has 0 radical (unpaired) electrons. The average molecular weight is 272 g/mol. The van der Waals surface area contributed by atoms with E-state index < -0.39 is 0 Å². The Morgan fingerprint density at radius 2 is 1.95 bits per heavy atom. The van der Waals surface area contributed by atoms with Gasteiger partial charge in [0.25, 0.3) is 5.91 Å². The summed E-state index contributed by atoms with van der Waals surface area (Å²) in [4.78, 5) is 15.1. The van der Waals surface area contributed by atoms with Gasteiger partial charge >= 0.3 is 0 Å². The van der Waals surface area contributed by atoms with Gasteiger partial charge in [-0.25, -0.2) is 0 Å². The highest BCUT2D eigenvalue weighted by molar-refractivity contribution is 6.02. The molecule has 1 aromatic rings. The predicted molar refractivity (Wildman–Crippen MR) is 81.8 cm³/mol. The van der Waals surface area contributed by atoms with Crippen LogP contribution in [0.2, 0.25) is 0 Å². The van der Waals surface area contributed by atoms with E-state index in [1.165, 1.54) is 19.3 Å². The Bertz CT molecular complexity index is 505. The molecule has 1 aromatic carbocycles. The lowest BCUT2D eigenvalue weighted by atomic mass is 9.83. The molecular formula is C17H24N2O. The summed E-state index contributed by atoms with van der Waals surface area (Å²) >= 11 is 0. The van der Waals surface area contributed by atoms with E-state index in [4.69, 9.17) is 0 Å². The Balaban J connectivity index is 2.06. The molecule has 1 spiro atoms. The summed E-state index contributed by atoms with van der Waals surface area (Å²) in [7, 11) is 0. The van der Waals surface area contributed by atoms with Crippen LogP contribution in [0.1, 0.15) is 62.7 Å². The van der Waals surface area contributed by atoms with E-state index in [0.717, 1.165) is 30.5 Å². The molecule has 1 aliphatic carbocycles. The lowest BCUT2D eigenvalue weighted by Crippen LogP contribution is -2.63. The monoisotopic (exact) mass is 272 g/mol. The molecule has 1 N–H and O–H groups in total. The van der Waals surface area contributed by atoms with Crippen LogP contribution in [0.4, 0.5) is 5.69 Å². The van der Waals surface area contributed by atoms with Crippen LogP contribution in [0.25, 0.3) is 0 Å². The first-order valence-electron chi connectivity index (χ1n) is 7.89. The number of anilines is 1. The summed E-state index contributed by atoms with van der Waals surface area (Å²) in [6.45, 7) is 4.33. The van der Waals surface area contributed by atoms with E-state index in [1.54, 1.807) is 0 Å². The van der Waals surface area contributed by atoms with Crippen molar-refractivity contribution in [1.82, 2.24) is 4.90 Å². The van der Waals surface area contributed by atoms with Crippen molar-refractivity contribution in [1.29, 1.82) is 0 Å². The number of nitrogens with zero attached hydrogens (tertiary/aromatic N) is 1. The van der Waals surface area contributed by atoms with Crippen molar-refractivity contribution in [2.24, 2.45) is 0 Å². The lowest BCUT2D eigenvalue weighted by Gasteiger charge is -2.53. The molecule has 2 aliphatic rings. The summed E-state index contributed by atoms with van der Waals surface area (Å²) < 4.78 is 0. The number of carbonyl (C=O) groups is 1. The van der Waals surface area contributed by atoms with Crippen molar-refractivity contribution in [3.8, 4) is 0 Å². The second-order valence-corrected chi connectivity index (χ2v) is 6.20. The summed E-state index contributed by atoms with van der Waals surface area (Å²) in [6.07, 6.45) is 6.82. The minimum Gasteiger partial charge on any atom is -0.362 e. The van der Waals surface area contributed by atoms with Gasteiger partial charge in [0.05, 0.1) is 5.56 Å². The Labute approximate surface area is 121 Å². The van der Waals surface area contributed by atoms with E-state index in [1.807, 2.05) is 24.3 Å². The highest BCUT2D eigenvalue weighted by Crippen LogP contribution is 2.41. The second-order valence-electron chi connectivity index (χ2n) is 6.20. The third-order valence-corrected chi connectivity index (χ3v) is 4.92. The van der Waals surface area contributed by atoms with Crippen LogP contribution in [-0.2, 0) is 0 Å². The van der Waals surface area contributed by atoms with Crippen LogP contribution in [0.15, 0.2) is 24.3 Å². The molecule has 1 atom stereocenters. The van der Waals surface area contributed by atoms with Gasteiger partial charge in [-0.15, -0.1) is 0 Å². The number of carbonyl (C=O) groups excluding carboxylic acids is 1. The smallest absolute Gasteiger partial charge is 0.258 e. The van der Waals surface area contributed by atoms with Gasteiger partial charge in [-0.1, -0.05) is 25.5 Å². The number of benzene rings is 1. The third kappa shape index (κ3) is 2.00. The number of hydrogen-bond donors (Lipinski definition) is 1. The predicted octanol–water partition coefficient (Wildman–Crippen LogP) is 4.01. The minimum absolute atomic E-state index is 0.154. The van der Waals surface area contributed by atoms with Gasteiger partial charge in [0.1, 0.15) is 5.66 Å². The molecule has 1 aliphatic heterocycles. The van der Waals surface area contributed by atoms with E-state index in [-0.39, 0.29) is 17.6 Å². The molecule has 0 saturated heterocycles. The van der Waals surface area contributed by atoms with Crippen LogP contribution in [0.3, 0.4) is 0 Å². The maximum Gasteiger partial charge on any atom is 0.258 e. The molecule has 1 amide bonds. The summed E-state index contributed by atoms with van der Waals surface area (Å²) in [5.41, 5.74) is 1.68. The first-order chi connectivity index (χ1) is 9.68. The Morgan fingerprint density at radius 3 is 2.65 bits per heavy atom. The fraction of sp³-hybridized carbons (Fsp3) is 0.588. The van der Waals surface area contributed by atoms with Crippen molar-refractivity contribution in [3.63, 3.8) is 0 Å². The number of para-hydroxylation sites is 1. The van der Waals surface area contributed by atoms with E-state index in [0.29, 0.717) is 0 Å². The highest BCUT2D eigenvalue weighted by Gasteiger charge is 2.46. The average Bonchev–Trinajstić information content (AvgIpc) is 2.48. The van der Waals surface area contributed by atoms with Crippen LogP contribution in [-0.4, -0.2) is 22.5 Å². The summed E-state index contributed by atoms with van der Waals surface area (Å²) in [6, 6.07) is 8.22. The van der Waals surface area contributed by atoms with Gasteiger partial charge < -0.3 is 10.2 Å². The van der Waals surface area contributed by atoms with E-state index in [2.05, 4.69) is 24.1 Å². The van der Waals surface area contributed by atoms with Crippen molar-refractivity contribution < 1.29 is 4.79 Å². The standard InChI is InChI=1S/C17H24N2O/c1-3-13(2)19-16(20)14-9-5-6-10-15(14)18-17(19)11-7-4-8-12-17/h5-6,9-10,13,18H,3-4,7-8,11-12H2,1-2H3. The molecule has 1 saturated carbocycles. The summed E-state index contributed by atoms with van der Waals surface area (Å²) in [5.74, 6) is 0.204. The largest absolute Gasteiger partial charge is 0.362 e. The Hall–Kier alpha value is -1.51. The van der Waals surface area contributed by atoms with Crippen LogP contribution < -0.4 is 5.32 Å². The van der Waals surface area contributed by atoms with Crippen molar-refractivity contribution in [3.05, 3.63) is 29.8 Å². The van der Waals surface area contributed by atoms with E-state index >= 15 is 0 Å². The van der Waals surface area contributed by atoms with Gasteiger partial charge in [-0.2, -0.15) is 0 Å². The molecule has 1 unspecified atom stereocenters. The lowest BCUT2D eigenvalue weighted by molar-refractivity contribution is 0.0238. The van der Waals surface area contributed by atoms with Crippen LogP contribution in [0.5, 0.6) is 0 Å². The highest BCUT2D eigenvalue weighted by atomic mass is 16.2. The van der Waals surface area contributed by atoms with Gasteiger partial charge in [-0.3, -0.25) is 4.79 Å². The molecule has 20 heavy (non-hydrogen) atoms. The SMILES string of the molecule is CCC(C)N1C(=O)c2ccccc2NC12CCCCC2. The molecule has 0 bridgehead atoms. The zero-order valence-electron chi connectivity index (χ0n) is 12.5. The Kier molecular flexibility index (Phi) is 3.45. The zero-order valence-corrected chi connectivity index (χ0v) is 12.5. The quantitative estimate of drug-likeness (QED) is 0.882.